The topological polar surface area (TPSA) is 42.0 Å². The van der Waals surface area contributed by atoms with E-state index in [0.717, 1.165) is 30.9 Å². The van der Waals surface area contributed by atoms with E-state index in [2.05, 4.69) is 4.90 Å². The average Bonchev–Trinajstić information content (AvgIpc) is 3.12. The van der Waals surface area contributed by atoms with Crippen LogP contribution in [0.25, 0.3) is 0 Å². The Hall–Kier alpha value is -1.95. The summed E-state index contributed by atoms with van der Waals surface area (Å²) in [7, 11) is 1.64. The zero-order valence-corrected chi connectivity index (χ0v) is 20.2. The van der Waals surface area contributed by atoms with Gasteiger partial charge in [0.1, 0.15) is 6.61 Å². The third-order valence-corrected chi connectivity index (χ3v) is 7.42. The molecule has 2 fully saturated rings. The van der Waals surface area contributed by atoms with E-state index < -0.39 is 5.41 Å². The highest BCUT2D eigenvalue weighted by molar-refractivity contribution is 6.42. The fourth-order valence-corrected chi connectivity index (χ4v) is 4.90. The van der Waals surface area contributed by atoms with Crippen molar-refractivity contribution in [3.8, 4) is 11.5 Å². The molecule has 1 unspecified atom stereocenters. The zero-order chi connectivity index (χ0) is 22.7. The van der Waals surface area contributed by atoms with Crippen molar-refractivity contribution in [2.75, 3.05) is 44.8 Å². The highest BCUT2D eigenvalue weighted by Crippen LogP contribution is 2.41. The number of carbonyl (C=O) groups excluding carboxylic acids is 1. The van der Waals surface area contributed by atoms with Gasteiger partial charge in [0.05, 0.1) is 22.6 Å². The minimum Gasteiger partial charge on any atom is -0.493 e. The van der Waals surface area contributed by atoms with E-state index in [1.165, 1.54) is 19.3 Å². The molecule has 2 saturated heterocycles. The van der Waals surface area contributed by atoms with Crippen molar-refractivity contribution in [2.45, 2.75) is 38.0 Å². The molecule has 0 radical (unpaired) electrons. The smallest absolute Gasteiger partial charge is 0.237 e. The van der Waals surface area contributed by atoms with Gasteiger partial charge in [-0.15, -0.1) is 0 Å². The van der Waals surface area contributed by atoms with Crippen LogP contribution < -0.4 is 14.4 Å². The Balaban J connectivity index is 1.51. The van der Waals surface area contributed by atoms with Gasteiger partial charge in [-0.05, 0) is 75.2 Å². The summed E-state index contributed by atoms with van der Waals surface area (Å²) in [6, 6.07) is 11.1. The predicted octanol–water partition coefficient (Wildman–Crippen LogP) is 5.56. The van der Waals surface area contributed by atoms with Gasteiger partial charge in [0, 0.05) is 18.8 Å². The molecule has 0 N–H and O–H groups in total. The number of methoxy groups -OCH3 is 1. The molecule has 0 aliphatic carbocycles. The molecule has 172 valence electrons. The second-order valence-corrected chi connectivity index (χ2v) is 9.57. The van der Waals surface area contributed by atoms with Crippen molar-refractivity contribution in [2.24, 2.45) is 0 Å². The largest absolute Gasteiger partial charge is 0.493 e. The van der Waals surface area contributed by atoms with E-state index in [4.69, 9.17) is 32.7 Å². The van der Waals surface area contributed by atoms with Crippen molar-refractivity contribution in [3.63, 3.8) is 0 Å². The monoisotopic (exact) mass is 476 g/mol. The third kappa shape index (κ3) is 4.70. The summed E-state index contributed by atoms with van der Waals surface area (Å²) in [5.41, 5.74) is 1.04. The number of rotatable bonds is 7. The predicted molar refractivity (Wildman–Crippen MR) is 130 cm³/mol. The lowest BCUT2D eigenvalue weighted by Crippen LogP contribution is -2.35. The fraction of sp³-hybridized carbons (Fsp3) is 0.480. The maximum Gasteiger partial charge on any atom is 0.237 e. The Labute approximate surface area is 200 Å². The lowest BCUT2D eigenvalue weighted by atomic mass is 9.81. The number of hydrogen-bond donors (Lipinski definition) is 0. The first-order chi connectivity index (χ1) is 15.4. The molecule has 1 atom stereocenters. The number of anilines is 1. The summed E-state index contributed by atoms with van der Waals surface area (Å²) in [4.78, 5) is 17.7. The maximum absolute atomic E-state index is 13.5. The minimum atomic E-state index is -0.649. The Bertz CT molecular complexity index is 978. The Morgan fingerprint density at radius 1 is 0.969 bits per heavy atom. The van der Waals surface area contributed by atoms with Crippen LogP contribution in [0, 0.1) is 0 Å². The molecule has 32 heavy (non-hydrogen) atoms. The minimum absolute atomic E-state index is 0.0420. The number of ether oxygens (including phenoxy) is 2. The van der Waals surface area contributed by atoms with Gasteiger partial charge in [-0.3, -0.25) is 9.69 Å². The van der Waals surface area contributed by atoms with E-state index in [1.54, 1.807) is 24.1 Å². The number of piperidine rings is 1. The van der Waals surface area contributed by atoms with E-state index >= 15 is 0 Å². The Morgan fingerprint density at radius 2 is 1.75 bits per heavy atom. The molecular formula is C25H30Cl2N2O3. The molecule has 2 aromatic carbocycles. The van der Waals surface area contributed by atoms with Crippen LogP contribution in [-0.2, 0) is 10.2 Å². The van der Waals surface area contributed by atoms with Gasteiger partial charge in [0.2, 0.25) is 5.91 Å². The van der Waals surface area contributed by atoms with Gasteiger partial charge in [0.25, 0.3) is 0 Å². The second kappa shape index (κ2) is 9.90. The highest BCUT2D eigenvalue weighted by atomic mass is 35.5. The van der Waals surface area contributed by atoms with E-state index in [9.17, 15) is 4.79 Å². The summed E-state index contributed by atoms with van der Waals surface area (Å²) >= 11 is 12.2. The number of nitrogens with zero attached hydrogens (tertiary/aromatic N) is 2. The first-order valence-corrected chi connectivity index (χ1v) is 12.0. The number of hydrogen-bond acceptors (Lipinski definition) is 4. The molecular weight excluding hydrogens is 447 g/mol. The summed E-state index contributed by atoms with van der Waals surface area (Å²) in [5.74, 6) is 1.41. The molecule has 5 nitrogen and oxygen atoms in total. The Morgan fingerprint density at radius 3 is 2.47 bits per heavy atom. The van der Waals surface area contributed by atoms with Crippen molar-refractivity contribution >= 4 is 34.8 Å². The molecule has 0 bridgehead atoms. The van der Waals surface area contributed by atoms with Crippen LogP contribution in [0.2, 0.25) is 10.0 Å². The summed E-state index contributed by atoms with van der Waals surface area (Å²) in [5, 5.41) is 0.922. The van der Waals surface area contributed by atoms with Gasteiger partial charge in [-0.25, -0.2) is 0 Å². The SMILES string of the molecule is COc1ccc(C2(C)CCN(c3ccc(Cl)c(Cl)c3)C2=O)cc1OCCN1CCCCC1. The summed E-state index contributed by atoms with van der Waals surface area (Å²) < 4.78 is 11.6. The molecule has 0 spiro atoms. The lowest BCUT2D eigenvalue weighted by Gasteiger charge is -2.27. The maximum atomic E-state index is 13.5. The quantitative estimate of drug-likeness (QED) is 0.524. The molecule has 0 saturated carbocycles. The number of carbonyl (C=O) groups is 1. The van der Waals surface area contributed by atoms with Crippen molar-refractivity contribution in [1.82, 2.24) is 4.90 Å². The van der Waals surface area contributed by atoms with Crippen molar-refractivity contribution in [3.05, 3.63) is 52.0 Å². The molecule has 2 heterocycles. The molecule has 0 aromatic heterocycles. The van der Waals surface area contributed by atoms with Crippen LogP contribution >= 0.6 is 23.2 Å². The Kier molecular flexibility index (Phi) is 7.18. The zero-order valence-electron chi connectivity index (χ0n) is 18.7. The molecule has 1 amide bonds. The van der Waals surface area contributed by atoms with Crippen LogP contribution in [0.15, 0.2) is 36.4 Å². The molecule has 2 aliphatic rings. The number of likely N-dealkylation sites (tertiary alicyclic amines) is 1. The molecule has 4 rings (SSSR count). The van der Waals surface area contributed by atoms with Crippen LogP contribution in [0.1, 0.15) is 38.2 Å². The second-order valence-electron chi connectivity index (χ2n) is 8.75. The lowest BCUT2D eigenvalue weighted by molar-refractivity contribution is -0.121. The van der Waals surface area contributed by atoms with Gasteiger partial charge in [-0.1, -0.05) is 35.7 Å². The van der Waals surface area contributed by atoms with Crippen molar-refractivity contribution < 1.29 is 14.3 Å². The number of benzene rings is 2. The van der Waals surface area contributed by atoms with E-state index in [0.29, 0.717) is 41.1 Å². The molecule has 7 heteroatoms. The first kappa shape index (κ1) is 23.2. The van der Waals surface area contributed by atoms with Crippen molar-refractivity contribution in [1.29, 1.82) is 0 Å². The average molecular weight is 477 g/mol. The van der Waals surface area contributed by atoms with Gasteiger partial charge in [0.15, 0.2) is 11.5 Å². The highest BCUT2D eigenvalue weighted by Gasteiger charge is 2.45. The van der Waals surface area contributed by atoms with Crippen LogP contribution in [0.3, 0.4) is 0 Å². The number of halogens is 2. The third-order valence-electron chi connectivity index (χ3n) is 6.68. The van der Waals surface area contributed by atoms with Crippen LogP contribution in [0.5, 0.6) is 11.5 Å². The number of amides is 1. The van der Waals surface area contributed by atoms with Crippen LogP contribution in [0.4, 0.5) is 5.69 Å². The normalized spacial score (nSPS) is 21.8. The standard InChI is InChI=1S/C25H30Cl2N2O3/c1-25(10-13-29(24(25)30)19-7-8-20(26)21(27)17-19)18-6-9-22(31-2)23(16-18)32-15-14-28-11-4-3-5-12-28/h6-9,16-17H,3-5,10-15H2,1-2H3. The first-order valence-electron chi connectivity index (χ1n) is 11.2. The summed E-state index contributed by atoms with van der Waals surface area (Å²) in [6.45, 7) is 6.38. The van der Waals surface area contributed by atoms with Crippen LogP contribution in [-0.4, -0.2) is 50.7 Å². The summed E-state index contributed by atoms with van der Waals surface area (Å²) in [6.07, 6.45) is 4.54. The fourth-order valence-electron chi connectivity index (χ4n) is 4.61. The molecule has 2 aliphatic heterocycles. The van der Waals surface area contributed by atoms with Gasteiger partial charge < -0.3 is 14.4 Å². The van der Waals surface area contributed by atoms with Gasteiger partial charge in [-0.2, -0.15) is 0 Å². The van der Waals surface area contributed by atoms with E-state index in [1.807, 2.05) is 31.2 Å². The van der Waals surface area contributed by atoms with E-state index in [-0.39, 0.29) is 5.91 Å². The van der Waals surface area contributed by atoms with Gasteiger partial charge >= 0.3 is 0 Å². The molecule has 2 aromatic rings.